The second-order valence-corrected chi connectivity index (χ2v) is 2.97. The summed E-state index contributed by atoms with van der Waals surface area (Å²) in [5.74, 6) is 0.765. The lowest BCUT2D eigenvalue weighted by atomic mass is 10.1. The molecular weight excluding hydrogens is 132 g/mol. The maximum absolute atomic E-state index is 2.22. The highest BCUT2D eigenvalue weighted by atomic mass is 13.9. The molecule has 0 aromatic heterocycles. The van der Waals surface area contributed by atoms with Crippen molar-refractivity contribution >= 4 is 0 Å². The van der Waals surface area contributed by atoms with E-state index in [0.29, 0.717) is 0 Å². The smallest absolute Gasteiger partial charge is 0.0324 e. The maximum atomic E-state index is 2.22. The Morgan fingerprint density at radius 1 is 1.00 bits per heavy atom. The molecule has 0 heterocycles. The molecule has 0 aliphatic carbocycles. The van der Waals surface area contributed by atoms with Crippen LogP contribution in [0.2, 0.25) is 0 Å². The molecule has 0 amide bonds. The van der Waals surface area contributed by atoms with Crippen molar-refractivity contribution in [2.75, 3.05) is 0 Å². The molecule has 0 fully saturated rings. The van der Waals surface area contributed by atoms with Gasteiger partial charge in [-0.3, -0.25) is 0 Å². The fourth-order valence-corrected chi connectivity index (χ4v) is 0.669. The Bertz CT molecular complexity index is 147. The van der Waals surface area contributed by atoms with Gasteiger partial charge in [0.1, 0.15) is 0 Å². The molecular formula is C11H18. The molecule has 0 radical (unpaired) electrons. The fraction of sp³-hybridized carbons (Fsp3) is 0.455. The van der Waals surface area contributed by atoms with Gasteiger partial charge >= 0.3 is 0 Å². The lowest BCUT2D eigenvalue weighted by Gasteiger charge is -1.94. The van der Waals surface area contributed by atoms with Crippen LogP contribution in [0.5, 0.6) is 0 Å². The van der Waals surface area contributed by atoms with Crippen molar-refractivity contribution in [1.82, 2.24) is 0 Å². The minimum absolute atomic E-state index is 0.765. The highest BCUT2D eigenvalue weighted by Crippen LogP contribution is 1.99. The highest BCUT2D eigenvalue weighted by molar-refractivity contribution is 5.10. The number of rotatable bonds is 4. The van der Waals surface area contributed by atoms with Crippen LogP contribution in [0.1, 0.15) is 27.2 Å². The molecule has 0 bridgehead atoms. The second-order valence-electron chi connectivity index (χ2n) is 2.97. The molecule has 0 aromatic carbocycles. The largest absolute Gasteiger partial charge is 0.0877 e. The van der Waals surface area contributed by atoms with Crippen LogP contribution in [0.25, 0.3) is 0 Å². The Kier molecular flexibility index (Phi) is 6.81. The van der Waals surface area contributed by atoms with Gasteiger partial charge in [-0.15, -0.1) is 0 Å². The fourth-order valence-electron chi connectivity index (χ4n) is 0.669. The summed E-state index contributed by atoms with van der Waals surface area (Å²) in [7, 11) is 0. The van der Waals surface area contributed by atoms with Crippen LogP contribution in [-0.2, 0) is 0 Å². The second kappa shape index (κ2) is 7.33. The highest BCUT2D eigenvalue weighted by Gasteiger charge is 1.84. The molecule has 0 saturated heterocycles. The zero-order valence-corrected chi connectivity index (χ0v) is 7.75. The predicted octanol–water partition coefficient (Wildman–Crippen LogP) is 3.72. The zero-order chi connectivity index (χ0) is 8.53. The van der Waals surface area contributed by atoms with Crippen LogP contribution in [0.3, 0.4) is 0 Å². The summed E-state index contributed by atoms with van der Waals surface area (Å²) in [6.07, 6.45) is 13.6. The van der Waals surface area contributed by atoms with Crippen LogP contribution in [0, 0.1) is 5.92 Å². The van der Waals surface area contributed by atoms with Gasteiger partial charge in [-0.2, -0.15) is 0 Å². The molecule has 0 nitrogen and oxygen atoms in total. The first kappa shape index (κ1) is 10.2. The van der Waals surface area contributed by atoms with Gasteiger partial charge in [0.2, 0.25) is 0 Å². The van der Waals surface area contributed by atoms with Crippen molar-refractivity contribution in [1.29, 1.82) is 0 Å². The summed E-state index contributed by atoms with van der Waals surface area (Å²) in [4.78, 5) is 0. The van der Waals surface area contributed by atoms with Gasteiger partial charge in [0.05, 0.1) is 0 Å². The van der Waals surface area contributed by atoms with Crippen molar-refractivity contribution in [2.24, 2.45) is 5.92 Å². The monoisotopic (exact) mass is 150 g/mol. The molecule has 0 spiro atoms. The average molecular weight is 150 g/mol. The lowest BCUT2D eigenvalue weighted by Crippen LogP contribution is -1.80. The number of hydrogen-bond acceptors (Lipinski definition) is 0. The van der Waals surface area contributed by atoms with Crippen molar-refractivity contribution in [2.45, 2.75) is 27.2 Å². The Morgan fingerprint density at radius 2 is 1.64 bits per heavy atom. The van der Waals surface area contributed by atoms with Gasteiger partial charge in [-0.05, 0) is 19.3 Å². The summed E-state index contributed by atoms with van der Waals surface area (Å²) >= 11 is 0. The Balaban J connectivity index is 3.44. The minimum Gasteiger partial charge on any atom is -0.0877 e. The van der Waals surface area contributed by atoms with Crippen LogP contribution >= 0.6 is 0 Å². The first-order chi connectivity index (χ1) is 5.27. The van der Waals surface area contributed by atoms with Gasteiger partial charge < -0.3 is 0 Å². The first-order valence-electron chi connectivity index (χ1n) is 4.22. The van der Waals surface area contributed by atoms with Crippen molar-refractivity contribution in [3.05, 3.63) is 36.5 Å². The summed E-state index contributed by atoms with van der Waals surface area (Å²) in [5.41, 5.74) is 0. The van der Waals surface area contributed by atoms with Crippen molar-refractivity contribution < 1.29 is 0 Å². The van der Waals surface area contributed by atoms with Gasteiger partial charge in [-0.25, -0.2) is 0 Å². The van der Waals surface area contributed by atoms with Crippen LogP contribution in [0.4, 0.5) is 0 Å². The van der Waals surface area contributed by atoms with E-state index in [9.17, 15) is 0 Å². The third kappa shape index (κ3) is 9.22. The minimum atomic E-state index is 0.765. The van der Waals surface area contributed by atoms with E-state index in [4.69, 9.17) is 0 Å². The third-order valence-corrected chi connectivity index (χ3v) is 1.27. The van der Waals surface area contributed by atoms with Gasteiger partial charge in [0.25, 0.3) is 0 Å². The molecule has 0 heteroatoms. The van der Waals surface area contributed by atoms with E-state index in [1.807, 2.05) is 25.2 Å². The summed E-state index contributed by atoms with van der Waals surface area (Å²) in [6.45, 7) is 6.46. The van der Waals surface area contributed by atoms with Gasteiger partial charge in [0, 0.05) is 0 Å². The number of allylic oxidation sites excluding steroid dienone is 6. The first-order valence-corrected chi connectivity index (χ1v) is 4.22. The molecule has 0 atom stereocenters. The van der Waals surface area contributed by atoms with E-state index >= 15 is 0 Å². The molecule has 62 valence electrons. The van der Waals surface area contributed by atoms with Gasteiger partial charge in [-0.1, -0.05) is 50.3 Å². The van der Waals surface area contributed by atoms with Crippen molar-refractivity contribution in [3.63, 3.8) is 0 Å². The Morgan fingerprint density at radius 3 is 2.18 bits per heavy atom. The molecule has 0 saturated carbocycles. The SMILES string of the molecule is C/C=C/C=C/C=C/CC(C)C. The lowest BCUT2D eigenvalue weighted by molar-refractivity contribution is 0.664. The van der Waals surface area contributed by atoms with E-state index in [1.54, 1.807) is 0 Å². The van der Waals surface area contributed by atoms with E-state index in [-0.39, 0.29) is 0 Å². The third-order valence-electron chi connectivity index (χ3n) is 1.27. The van der Waals surface area contributed by atoms with Crippen LogP contribution in [0.15, 0.2) is 36.5 Å². The summed E-state index contributed by atoms with van der Waals surface area (Å²) in [6, 6.07) is 0. The van der Waals surface area contributed by atoms with E-state index in [2.05, 4.69) is 32.1 Å². The van der Waals surface area contributed by atoms with Crippen LogP contribution < -0.4 is 0 Å². The Hall–Kier alpha value is -0.780. The maximum Gasteiger partial charge on any atom is -0.0324 e. The molecule has 0 aliphatic heterocycles. The molecule has 0 unspecified atom stereocenters. The van der Waals surface area contributed by atoms with Gasteiger partial charge in [0.15, 0.2) is 0 Å². The molecule has 0 rings (SSSR count). The summed E-state index contributed by atoms with van der Waals surface area (Å²) in [5, 5.41) is 0. The van der Waals surface area contributed by atoms with Crippen molar-refractivity contribution in [3.8, 4) is 0 Å². The van der Waals surface area contributed by atoms with E-state index in [1.165, 1.54) is 6.42 Å². The Labute approximate surface area is 70.3 Å². The van der Waals surface area contributed by atoms with E-state index in [0.717, 1.165) is 5.92 Å². The quantitative estimate of drug-likeness (QED) is 0.536. The normalized spacial score (nSPS) is 13.1. The zero-order valence-electron chi connectivity index (χ0n) is 7.75. The molecule has 0 aliphatic rings. The average Bonchev–Trinajstić information content (AvgIpc) is 1.96. The number of hydrogen-bond donors (Lipinski definition) is 0. The molecule has 0 N–H and O–H groups in total. The van der Waals surface area contributed by atoms with Crippen LogP contribution in [-0.4, -0.2) is 0 Å². The molecule has 0 aromatic rings. The standard InChI is InChI=1S/C11H18/c1-4-5-6-7-8-9-10-11(2)3/h4-9,11H,10H2,1-3H3/b5-4+,7-6+,9-8+. The predicted molar refractivity (Wildman–Crippen MR) is 52.5 cm³/mol. The topological polar surface area (TPSA) is 0 Å². The molecule has 11 heavy (non-hydrogen) atoms. The summed E-state index contributed by atoms with van der Waals surface area (Å²) < 4.78 is 0. The van der Waals surface area contributed by atoms with E-state index < -0.39 is 0 Å².